The molecular weight excluding hydrogens is 524 g/mol. The largest absolute Gasteiger partial charge is 0.477 e. The lowest BCUT2D eigenvalue weighted by atomic mass is 9.86. The molecule has 0 spiro atoms. The van der Waals surface area contributed by atoms with Gasteiger partial charge in [-0.3, -0.25) is 33.1 Å². The van der Waals surface area contributed by atoms with Crippen LogP contribution < -0.4 is 16.5 Å². The van der Waals surface area contributed by atoms with Crippen LogP contribution >= 0.6 is 11.3 Å². The van der Waals surface area contributed by atoms with E-state index in [9.17, 15) is 33.3 Å². The normalized spacial score (nSPS) is 28.9. The Morgan fingerprint density at radius 3 is 2.83 bits per heavy atom. The molecule has 1 unspecified atom stereocenters. The third-order valence-corrected chi connectivity index (χ3v) is 8.20. The van der Waals surface area contributed by atoms with Crippen molar-refractivity contribution in [1.29, 1.82) is 0 Å². The molecule has 194 valence electrons. The van der Waals surface area contributed by atoms with Crippen LogP contribution in [0.1, 0.15) is 12.1 Å². The van der Waals surface area contributed by atoms with Crippen molar-refractivity contribution in [3.8, 4) is 0 Å². The quantitative estimate of drug-likeness (QED) is 0.106. The molecule has 4 heterocycles. The highest BCUT2D eigenvalue weighted by Gasteiger charge is 2.72. The van der Waals surface area contributed by atoms with Crippen molar-refractivity contribution >= 4 is 62.6 Å². The Morgan fingerprint density at radius 1 is 1.44 bits per heavy atom. The van der Waals surface area contributed by atoms with Crippen molar-refractivity contribution in [3.05, 3.63) is 11.1 Å². The molecule has 1 aromatic heterocycles. The molecule has 0 aliphatic carbocycles. The van der Waals surface area contributed by atoms with E-state index < -0.39 is 70.0 Å². The minimum atomic E-state index is -2.21. The van der Waals surface area contributed by atoms with Gasteiger partial charge in [0, 0.05) is 28.5 Å². The van der Waals surface area contributed by atoms with E-state index in [1.165, 1.54) is 12.5 Å². The number of hydrogen-bond donors (Lipinski definition) is 4. The van der Waals surface area contributed by atoms with Crippen LogP contribution in [0, 0.1) is 11.8 Å². The number of nitrogen functional groups attached to an aromatic ring is 1. The molecule has 16 nitrogen and oxygen atoms in total. The Morgan fingerprint density at radius 2 is 2.19 bits per heavy atom. The van der Waals surface area contributed by atoms with E-state index in [0.717, 1.165) is 16.2 Å². The fraction of sp³-hybridized carbons (Fsp3) is 0.500. The minimum absolute atomic E-state index is 0.0375. The number of carboxylic acid groups (broad SMARTS) is 1. The summed E-state index contributed by atoms with van der Waals surface area (Å²) in [4.78, 5) is 75.2. The number of oxime groups is 1. The van der Waals surface area contributed by atoms with E-state index in [4.69, 9.17) is 15.3 Å². The highest BCUT2D eigenvalue weighted by molar-refractivity contribution is 7.85. The predicted octanol–water partition coefficient (Wildman–Crippen LogP) is -2.87. The third-order valence-electron chi connectivity index (χ3n) is 5.72. The number of nitrogens with zero attached hydrogens (tertiary/aromatic N) is 3. The van der Waals surface area contributed by atoms with Gasteiger partial charge in [-0.15, -0.1) is 11.3 Å². The summed E-state index contributed by atoms with van der Waals surface area (Å²) in [6.45, 7) is -0.916. The lowest BCUT2D eigenvalue weighted by Gasteiger charge is -2.56. The zero-order valence-electron chi connectivity index (χ0n) is 18.5. The Labute approximate surface area is 208 Å². The topological polar surface area (TPSA) is 229 Å². The SMILES string of the molecule is CONC(=O)CO/N=C(\C(=O)NC[C@@H]1C(=O)N2[C@@H]1S(=O)C[C@@H]1CC(=O)O[C@@]12C(=O)O)c1csc(N)n1. The van der Waals surface area contributed by atoms with E-state index in [2.05, 4.69) is 20.3 Å². The molecule has 3 aliphatic heterocycles. The molecule has 3 saturated heterocycles. The Hall–Kier alpha value is -3.64. The van der Waals surface area contributed by atoms with Crippen LogP contribution in [0.3, 0.4) is 0 Å². The second-order valence-corrected chi connectivity index (χ2v) is 10.3. The summed E-state index contributed by atoms with van der Waals surface area (Å²) in [5.74, 6) is -6.73. The highest BCUT2D eigenvalue weighted by Crippen LogP contribution is 2.49. The lowest BCUT2D eigenvalue weighted by molar-refractivity contribution is -0.219. The maximum Gasteiger partial charge on any atom is 0.370 e. The maximum absolute atomic E-state index is 12.9. The van der Waals surface area contributed by atoms with E-state index in [1.54, 1.807) is 0 Å². The molecule has 0 bridgehead atoms. The van der Waals surface area contributed by atoms with Gasteiger partial charge in [0.05, 0.1) is 25.4 Å². The molecule has 0 aromatic carbocycles. The number of anilines is 1. The van der Waals surface area contributed by atoms with Crippen LogP contribution in [0.2, 0.25) is 0 Å². The minimum Gasteiger partial charge on any atom is -0.477 e. The summed E-state index contributed by atoms with van der Waals surface area (Å²) in [6.07, 6.45) is -0.269. The van der Waals surface area contributed by atoms with Crippen LogP contribution in [0.25, 0.3) is 0 Å². The van der Waals surface area contributed by atoms with Gasteiger partial charge in [0.1, 0.15) is 11.1 Å². The third kappa shape index (κ3) is 4.26. The lowest BCUT2D eigenvalue weighted by Crippen LogP contribution is -2.79. The van der Waals surface area contributed by atoms with Gasteiger partial charge < -0.3 is 25.7 Å². The number of esters is 1. The van der Waals surface area contributed by atoms with Crippen molar-refractivity contribution in [2.45, 2.75) is 17.5 Å². The van der Waals surface area contributed by atoms with Gasteiger partial charge in [0.15, 0.2) is 17.5 Å². The number of carbonyl (C=O) groups is 5. The summed E-state index contributed by atoms with van der Waals surface area (Å²) in [6, 6.07) is 0. The summed E-state index contributed by atoms with van der Waals surface area (Å²) >= 11 is 1.02. The molecule has 1 aromatic rings. The van der Waals surface area contributed by atoms with Crippen LogP contribution in [0.4, 0.5) is 5.13 Å². The average Bonchev–Trinajstić information content (AvgIpc) is 3.38. The zero-order chi connectivity index (χ0) is 26.2. The molecule has 5 N–H and O–H groups in total. The second-order valence-electron chi connectivity index (χ2n) is 7.85. The van der Waals surface area contributed by atoms with Crippen molar-refractivity contribution in [2.75, 3.05) is 31.7 Å². The van der Waals surface area contributed by atoms with Gasteiger partial charge in [0.25, 0.3) is 17.5 Å². The van der Waals surface area contributed by atoms with Gasteiger partial charge >= 0.3 is 11.9 Å². The number of nitrogens with one attached hydrogen (secondary N) is 2. The summed E-state index contributed by atoms with van der Waals surface area (Å²) in [7, 11) is -0.480. The van der Waals surface area contributed by atoms with Crippen LogP contribution in [-0.4, -0.2) is 91.7 Å². The number of carboxylic acids is 1. The van der Waals surface area contributed by atoms with Crippen molar-refractivity contribution in [3.63, 3.8) is 0 Å². The zero-order valence-corrected chi connectivity index (χ0v) is 20.1. The van der Waals surface area contributed by atoms with Gasteiger partial charge in [-0.25, -0.2) is 15.3 Å². The number of rotatable bonds is 9. The first-order valence-electron chi connectivity index (χ1n) is 10.3. The number of hydroxylamine groups is 1. The molecule has 5 atom stereocenters. The standard InChI is InChI=1S/C18H20N6O10S2/c1-32-22-10(25)4-33-23-12(9-5-35-17(19)21-9)13(27)20-3-8-14(28)24-15(8)36(31)6-7-2-11(26)34-18(7,24)16(29)30/h5,7-8,15H,2-4,6H2,1H3,(H2,19,21)(H,20,27)(H,22,25)(H,29,30)/b23-12-/t7-,8+,15+,18+,36?/m0/s1. The molecule has 0 saturated carbocycles. The van der Waals surface area contributed by atoms with Gasteiger partial charge in [-0.2, -0.15) is 0 Å². The van der Waals surface area contributed by atoms with E-state index in [-0.39, 0.29) is 35.3 Å². The molecule has 36 heavy (non-hydrogen) atoms. The molecule has 0 radical (unpaired) electrons. The van der Waals surface area contributed by atoms with Gasteiger partial charge in [0.2, 0.25) is 5.91 Å². The number of aliphatic carboxylic acids is 1. The van der Waals surface area contributed by atoms with Crippen LogP contribution in [0.5, 0.6) is 0 Å². The first-order valence-corrected chi connectivity index (χ1v) is 12.5. The molecule has 18 heteroatoms. The van der Waals surface area contributed by atoms with E-state index in [0.29, 0.717) is 0 Å². The number of aromatic nitrogens is 1. The fourth-order valence-corrected chi connectivity index (χ4v) is 6.79. The molecule has 3 aliphatic rings. The monoisotopic (exact) mass is 544 g/mol. The molecule has 4 rings (SSSR count). The summed E-state index contributed by atoms with van der Waals surface area (Å²) < 4.78 is 17.9. The smallest absolute Gasteiger partial charge is 0.370 e. The first-order chi connectivity index (χ1) is 17.1. The molecule has 3 amide bonds. The number of thiazole rings is 1. The molecule has 3 fully saturated rings. The Balaban J connectivity index is 1.48. The van der Waals surface area contributed by atoms with Gasteiger partial charge in [-0.1, -0.05) is 5.16 Å². The number of amides is 3. The number of ether oxygens (including phenoxy) is 1. The van der Waals surface area contributed by atoms with Crippen molar-refractivity contribution < 1.29 is 47.7 Å². The van der Waals surface area contributed by atoms with Crippen molar-refractivity contribution in [2.24, 2.45) is 17.0 Å². The van der Waals surface area contributed by atoms with Crippen LogP contribution in [0.15, 0.2) is 10.5 Å². The average molecular weight is 545 g/mol. The van der Waals surface area contributed by atoms with Crippen molar-refractivity contribution in [1.82, 2.24) is 20.7 Å². The summed E-state index contributed by atoms with van der Waals surface area (Å²) in [5, 5.41) is 16.3. The number of fused-ring (bicyclic) bond motifs is 3. The van der Waals surface area contributed by atoms with Gasteiger partial charge in [-0.05, 0) is 0 Å². The highest BCUT2D eigenvalue weighted by atomic mass is 32.2. The summed E-state index contributed by atoms with van der Waals surface area (Å²) in [5.41, 5.74) is 5.08. The van der Waals surface area contributed by atoms with E-state index >= 15 is 0 Å². The Bertz CT molecular complexity index is 1190. The number of nitrogens with two attached hydrogens (primary N) is 1. The number of carbonyl (C=O) groups excluding carboxylic acids is 4. The predicted molar refractivity (Wildman–Crippen MR) is 119 cm³/mol. The molecular formula is C18H20N6O10S2. The second kappa shape index (κ2) is 9.78. The fourth-order valence-electron chi connectivity index (χ4n) is 4.23. The Kier molecular flexibility index (Phi) is 6.92. The van der Waals surface area contributed by atoms with Crippen LogP contribution in [-0.2, 0) is 49.2 Å². The number of hydrogen-bond acceptors (Lipinski definition) is 13. The van der Waals surface area contributed by atoms with E-state index in [1.807, 2.05) is 5.48 Å². The maximum atomic E-state index is 12.9. The number of β-lactam (4-membered cyclic amide) rings is 1. The first kappa shape index (κ1) is 25.5.